The minimum atomic E-state index is -3.90. The number of hydrogen-bond acceptors (Lipinski definition) is 7. The maximum Gasteiger partial charge on any atom is 0.236 e. The molecule has 1 aliphatic heterocycles. The highest BCUT2D eigenvalue weighted by Gasteiger charge is 2.33. The smallest absolute Gasteiger partial charge is 0.236 e. The van der Waals surface area contributed by atoms with E-state index >= 15 is 0 Å². The molecule has 2 heterocycles. The largest absolute Gasteiger partial charge is 0.497 e. The van der Waals surface area contributed by atoms with Crippen molar-refractivity contribution in [2.75, 3.05) is 38.2 Å². The average Bonchev–Trinajstić information content (AvgIpc) is 3.37. The van der Waals surface area contributed by atoms with Crippen LogP contribution in [0.5, 0.6) is 5.75 Å². The Hall–Kier alpha value is -3.14. The molecule has 36 heavy (non-hydrogen) atoms. The van der Waals surface area contributed by atoms with Crippen molar-refractivity contribution in [3.05, 3.63) is 88.9 Å². The normalized spacial score (nSPS) is 14.7. The Kier molecular flexibility index (Phi) is 7.13. The standard InChI is InChI=1S/C27H26BrN3O4S/c1-34-23-11-7-21(8-12-23)25-29-26(36(32,33)24-13-9-22(28)10-14-24)27(35-25)31-17-15-30(16-18-31)19-20-5-3-2-4-6-20/h2-14H,15-19H2,1H3. The third kappa shape index (κ3) is 5.18. The molecular formula is C27H26BrN3O4S. The summed E-state index contributed by atoms with van der Waals surface area (Å²) < 4.78 is 39.5. The number of anilines is 1. The molecule has 1 aliphatic rings. The van der Waals surface area contributed by atoms with E-state index in [1.165, 1.54) is 5.56 Å². The molecular weight excluding hydrogens is 542 g/mol. The number of halogens is 1. The van der Waals surface area contributed by atoms with Gasteiger partial charge in [0.15, 0.2) is 0 Å². The Morgan fingerprint density at radius 3 is 2.22 bits per heavy atom. The Morgan fingerprint density at radius 2 is 1.58 bits per heavy atom. The first-order valence-electron chi connectivity index (χ1n) is 11.6. The number of ether oxygens (including phenoxy) is 1. The molecule has 0 radical (unpaired) electrons. The van der Waals surface area contributed by atoms with Crippen molar-refractivity contribution >= 4 is 31.7 Å². The van der Waals surface area contributed by atoms with E-state index in [2.05, 4.69) is 37.9 Å². The van der Waals surface area contributed by atoms with Crippen LogP contribution < -0.4 is 9.64 Å². The molecule has 0 saturated carbocycles. The topological polar surface area (TPSA) is 75.9 Å². The summed E-state index contributed by atoms with van der Waals surface area (Å²) >= 11 is 3.37. The molecule has 1 fully saturated rings. The number of piperazine rings is 1. The number of benzene rings is 3. The lowest BCUT2D eigenvalue weighted by molar-refractivity contribution is 0.245. The van der Waals surface area contributed by atoms with Crippen LogP contribution in [-0.4, -0.2) is 51.6 Å². The van der Waals surface area contributed by atoms with Gasteiger partial charge < -0.3 is 14.1 Å². The first kappa shape index (κ1) is 24.5. The average molecular weight is 568 g/mol. The summed E-state index contributed by atoms with van der Waals surface area (Å²) in [6.07, 6.45) is 0. The fourth-order valence-electron chi connectivity index (χ4n) is 4.21. The second-order valence-corrected chi connectivity index (χ2v) is 11.3. The van der Waals surface area contributed by atoms with Gasteiger partial charge in [0.25, 0.3) is 0 Å². The molecule has 3 aromatic carbocycles. The van der Waals surface area contributed by atoms with Crippen LogP contribution in [0.3, 0.4) is 0 Å². The Balaban J connectivity index is 1.46. The highest BCUT2D eigenvalue weighted by molar-refractivity contribution is 9.10. The third-order valence-corrected chi connectivity index (χ3v) is 8.40. The molecule has 0 unspecified atom stereocenters. The minimum Gasteiger partial charge on any atom is -0.497 e. The van der Waals surface area contributed by atoms with E-state index in [0.29, 0.717) is 24.4 Å². The maximum absolute atomic E-state index is 13.7. The van der Waals surface area contributed by atoms with Crippen molar-refractivity contribution in [1.29, 1.82) is 0 Å². The van der Waals surface area contributed by atoms with Gasteiger partial charge in [-0.2, -0.15) is 4.98 Å². The zero-order valence-electron chi connectivity index (χ0n) is 19.8. The molecule has 0 aliphatic carbocycles. The third-order valence-electron chi connectivity index (χ3n) is 6.20. The molecule has 4 aromatic rings. The lowest BCUT2D eigenvalue weighted by Gasteiger charge is -2.34. The van der Waals surface area contributed by atoms with Gasteiger partial charge >= 0.3 is 0 Å². The van der Waals surface area contributed by atoms with Crippen LogP contribution in [0.1, 0.15) is 5.56 Å². The van der Waals surface area contributed by atoms with Gasteiger partial charge in [-0.15, -0.1) is 0 Å². The summed E-state index contributed by atoms with van der Waals surface area (Å²) in [5, 5.41) is -0.0628. The molecule has 0 bridgehead atoms. The van der Waals surface area contributed by atoms with E-state index in [0.717, 1.165) is 24.1 Å². The molecule has 1 saturated heterocycles. The molecule has 0 spiro atoms. The van der Waals surface area contributed by atoms with Crippen molar-refractivity contribution in [3.8, 4) is 17.2 Å². The van der Waals surface area contributed by atoms with Crippen molar-refractivity contribution in [3.63, 3.8) is 0 Å². The van der Waals surface area contributed by atoms with Crippen molar-refractivity contribution in [2.24, 2.45) is 0 Å². The number of sulfone groups is 1. The lowest BCUT2D eigenvalue weighted by Crippen LogP contribution is -2.46. The molecule has 0 atom stereocenters. The van der Waals surface area contributed by atoms with Crippen LogP contribution in [0, 0.1) is 0 Å². The van der Waals surface area contributed by atoms with E-state index in [1.54, 1.807) is 43.5 Å². The number of aromatic nitrogens is 1. The molecule has 186 valence electrons. The Morgan fingerprint density at radius 1 is 0.917 bits per heavy atom. The SMILES string of the molecule is COc1ccc(-c2nc(S(=O)(=O)c3ccc(Br)cc3)c(N3CCN(Cc4ccccc4)CC3)o2)cc1. The Labute approximate surface area is 219 Å². The van der Waals surface area contributed by atoms with Crippen LogP contribution in [0.25, 0.3) is 11.5 Å². The van der Waals surface area contributed by atoms with Gasteiger partial charge in [-0.3, -0.25) is 4.90 Å². The van der Waals surface area contributed by atoms with Gasteiger partial charge in [0.05, 0.1) is 12.0 Å². The van der Waals surface area contributed by atoms with Crippen LogP contribution >= 0.6 is 15.9 Å². The number of hydrogen-bond donors (Lipinski definition) is 0. The van der Waals surface area contributed by atoms with E-state index < -0.39 is 9.84 Å². The summed E-state index contributed by atoms with van der Waals surface area (Å²) in [4.78, 5) is 9.01. The van der Waals surface area contributed by atoms with Gasteiger partial charge in [-0.05, 0) is 54.1 Å². The monoisotopic (exact) mass is 567 g/mol. The maximum atomic E-state index is 13.7. The minimum absolute atomic E-state index is 0.0628. The predicted molar refractivity (Wildman–Crippen MR) is 142 cm³/mol. The van der Waals surface area contributed by atoms with E-state index in [4.69, 9.17) is 9.15 Å². The summed E-state index contributed by atoms with van der Waals surface area (Å²) in [6.45, 7) is 3.68. The van der Waals surface area contributed by atoms with E-state index in [1.807, 2.05) is 35.2 Å². The van der Waals surface area contributed by atoms with Crippen molar-refractivity contribution in [2.45, 2.75) is 16.5 Å². The van der Waals surface area contributed by atoms with Crippen LogP contribution in [-0.2, 0) is 16.4 Å². The quantitative estimate of drug-likeness (QED) is 0.301. The summed E-state index contributed by atoms with van der Waals surface area (Å²) in [5.74, 6) is 1.24. The lowest BCUT2D eigenvalue weighted by atomic mass is 10.2. The highest BCUT2D eigenvalue weighted by Crippen LogP contribution is 2.36. The Bertz CT molecular complexity index is 1410. The van der Waals surface area contributed by atoms with Gasteiger partial charge in [0.1, 0.15) is 5.75 Å². The van der Waals surface area contributed by atoms with Gasteiger partial charge in [-0.25, -0.2) is 8.42 Å². The van der Waals surface area contributed by atoms with Gasteiger partial charge in [0.2, 0.25) is 26.6 Å². The van der Waals surface area contributed by atoms with Gasteiger partial charge in [0, 0.05) is 42.8 Å². The molecule has 7 nitrogen and oxygen atoms in total. The van der Waals surface area contributed by atoms with Gasteiger partial charge in [-0.1, -0.05) is 46.3 Å². The van der Waals surface area contributed by atoms with E-state index in [9.17, 15) is 8.42 Å². The predicted octanol–water partition coefficient (Wildman–Crippen LogP) is 5.27. The zero-order chi connectivity index (χ0) is 25.1. The fourth-order valence-corrected chi connectivity index (χ4v) is 5.79. The molecule has 5 rings (SSSR count). The number of nitrogens with zero attached hydrogens (tertiary/aromatic N) is 3. The summed E-state index contributed by atoms with van der Waals surface area (Å²) in [5.41, 5.74) is 1.93. The molecule has 0 amide bonds. The number of methoxy groups -OCH3 is 1. The van der Waals surface area contributed by atoms with Crippen LogP contribution in [0.4, 0.5) is 5.88 Å². The summed E-state index contributed by atoms with van der Waals surface area (Å²) in [7, 11) is -2.31. The fraction of sp³-hybridized carbons (Fsp3) is 0.222. The first-order chi connectivity index (χ1) is 17.4. The van der Waals surface area contributed by atoms with Crippen LogP contribution in [0.15, 0.2) is 97.7 Å². The van der Waals surface area contributed by atoms with Crippen molar-refractivity contribution < 1.29 is 17.6 Å². The molecule has 9 heteroatoms. The zero-order valence-corrected chi connectivity index (χ0v) is 22.2. The van der Waals surface area contributed by atoms with Crippen LogP contribution in [0.2, 0.25) is 0 Å². The second-order valence-electron chi connectivity index (χ2n) is 8.56. The summed E-state index contributed by atoms with van der Waals surface area (Å²) in [6, 6.07) is 24.1. The van der Waals surface area contributed by atoms with Crippen molar-refractivity contribution in [1.82, 2.24) is 9.88 Å². The second kappa shape index (κ2) is 10.5. The number of rotatable bonds is 7. The first-order valence-corrected chi connectivity index (χ1v) is 13.9. The molecule has 1 aromatic heterocycles. The highest BCUT2D eigenvalue weighted by atomic mass is 79.9. The number of oxazole rings is 1. The van der Waals surface area contributed by atoms with E-state index in [-0.39, 0.29) is 21.7 Å². The molecule has 0 N–H and O–H groups in total.